The summed E-state index contributed by atoms with van der Waals surface area (Å²) >= 11 is 0. The number of nitrogens with one attached hydrogen (secondary N) is 1. The van der Waals surface area contributed by atoms with Crippen LogP contribution in [0.25, 0.3) is 5.69 Å². The van der Waals surface area contributed by atoms with Gasteiger partial charge in [-0.25, -0.2) is 4.98 Å². The van der Waals surface area contributed by atoms with Gasteiger partial charge in [0.25, 0.3) is 0 Å². The van der Waals surface area contributed by atoms with E-state index in [0.717, 1.165) is 23.8 Å². The monoisotopic (exact) mass is 269 g/mol. The van der Waals surface area contributed by atoms with Crippen LogP contribution in [0, 0.1) is 6.92 Å². The fraction of sp³-hybridized carbons (Fsp3) is 0.353. The highest BCUT2D eigenvalue weighted by atomic mass is 15.2. The molecule has 0 aliphatic carbocycles. The van der Waals surface area contributed by atoms with Crippen LogP contribution in [0.5, 0.6) is 0 Å². The summed E-state index contributed by atoms with van der Waals surface area (Å²) in [6.07, 6.45) is 7.52. The third kappa shape index (κ3) is 3.50. The van der Waals surface area contributed by atoms with E-state index >= 15 is 0 Å². The van der Waals surface area contributed by atoms with Gasteiger partial charge in [-0.3, -0.25) is 4.57 Å². The molecule has 0 saturated carbocycles. The number of hydrogen-bond acceptors (Lipinski definition) is 2. The molecular formula is C17H23N3. The molecule has 2 rings (SSSR count). The maximum atomic E-state index is 4.50. The summed E-state index contributed by atoms with van der Waals surface area (Å²) in [6, 6.07) is 8.73. The molecule has 0 aliphatic heterocycles. The second-order valence-corrected chi connectivity index (χ2v) is 5.02. The van der Waals surface area contributed by atoms with E-state index in [4.69, 9.17) is 0 Å². The maximum absolute atomic E-state index is 4.50. The summed E-state index contributed by atoms with van der Waals surface area (Å²) in [5.41, 5.74) is 3.54. The first-order chi connectivity index (χ1) is 9.74. The topological polar surface area (TPSA) is 29.9 Å². The quantitative estimate of drug-likeness (QED) is 0.766. The Morgan fingerprint density at radius 3 is 2.70 bits per heavy atom. The van der Waals surface area contributed by atoms with Gasteiger partial charge in [0, 0.05) is 18.4 Å². The van der Waals surface area contributed by atoms with Crippen LogP contribution >= 0.6 is 0 Å². The Hall–Kier alpha value is -2.03. The van der Waals surface area contributed by atoms with Crippen LogP contribution in [0.15, 0.2) is 43.1 Å². The molecule has 3 nitrogen and oxygen atoms in total. The van der Waals surface area contributed by atoms with Crippen LogP contribution in [-0.4, -0.2) is 16.1 Å². The van der Waals surface area contributed by atoms with Gasteiger partial charge in [0.1, 0.15) is 0 Å². The van der Waals surface area contributed by atoms with Crippen molar-refractivity contribution < 1.29 is 0 Å². The lowest BCUT2D eigenvalue weighted by atomic mass is 10.1. The van der Waals surface area contributed by atoms with E-state index in [9.17, 15) is 0 Å². The Morgan fingerprint density at radius 2 is 2.05 bits per heavy atom. The summed E-state index contributed by atoms with van der Waals surface area (Å²) in [7, 11) is 0. The van der Waals surface area contributed by atoms with Gasteiger partial charge >= 0.3 is 0 Å². The standard InChI is InChI=1S/C17H23N3/c1-4-6-7-15-8-10-16(11-9-15)20-13-14(3)19-17(20)18-12-5-2/h5,8-11,13H,2,4,6-7,12H2,1,3H3,(H,18,19). The van der Waals surface area contributed by atoms with E-state index in [1.165, 1.54) is 18.4 Å². The summed E-state index contributed by atoms with van der Waals surface area (Å²) in [4.78, 5) is 4.50. The minimum Gasteiger partial charge on any atom is -0.352 e. The molecule has 0 spiro atoms. The summed E-state index contributed by atoms with van der Waals surface area (Å²) in [6.45, 7) is 8.67. The molecule has 0 unspecified atom stereocenters. The van der Waals surface area contributed by atoms with Gasteiger partial charge in [-0.2, -0.15) is 0 Å². The average Bonchev–Trinajstić information content (AvgIpc) is 2.84. The van der Waals surface area contributed by atoms with Crippen LogP contribution in [0.3, 0.4) is 0 Å². The first-order valence-corrected chi connectivity index (χ1v) is 7.24. The highest BCUT2D eigenvalue weighted by Crippen LogP contribution is 2.18. The van der Waals surface area contributed by atoms with E-state index in [0.29, 0.717) is 6.54 Å². The summed E-state index contributed by atoms with van der Waals surface area (Å²) in [5, 5.41) is 3.26. The number of hydrogen-bond donors (Lipinski definition) is 1. The minimum absolute atomic E-state index is 0.713. The highest BCUT2D eigenvalue weighted by Gasteiger charge is 2.06. The predicted molar refractivity (Wildman–Crippen MR) is 85.6 cm³/mol. The summed E-state index contributed by atoms with van der Waals surface area (Å²) < 4.78 is 2.09. The number of nitrogens with zero attached hydrogens (tertiary/aromatic N) is 2. The third-order valence-corrected chi connectivity index (χ3v) is 3.26. The molecule has 1 heterocycles. The van der Waals surface area contributed by atoms with Crippen molar-refractivity contribution in [2.45, 2.75) is 33.1 Å². The summed E-state index contributed by atoms with van der Waals surface area (Å²) in [5.74, 6) is 0.865. The molecule has 106 valence electrons. The zero-order valence-electron chi connectivity index (χ0n) is 12.4. The zero-order chi connectivity index (χ0) is 14.4. The number of benzene rings is 1. The SMILES string of the molecule is C=CCNc1nc(C)cn1-c1ccc(CCCC)cc1. The first-order valence-electron chi connectivity index (χ1n) is 7.24. The van der Waals surface area contributed by atoms with Crippen molar-refractivity contribution in [1.82, 2.24) is 9.55 Å². The average molecular weight is 269 g/mol. The van der Waals surface area contributed by atoms with Crippen molar-refractivity contribution in [3.05, 3.63) is 54.4 Å². The molecular weight excluding hydrogens is 246 g/mol. The normalized spacial score (nSPS) is 10.5. The predicted octanol–water partition coefficient (Wildman–Crippen LogP) is 4.12. The van der Waals surface area contributed by atoms with E-state index in [1.54, 1.807) is 0 Å². The molecule has 20 heavy (non-hydrogen) atoms. The van der Waals surface area contributed by atoms with Crippen molar-refractivity contribution >= 4 is 5.95 Å². The Kier molecular flexibility index (Phi) is 4.99. The number of aromatic nitrogens is 2. The van der Waals surface area contributed by atoms with Gasteiger partial charge in [-0.1, -0.05) is 31.6 Å². The van der Waals surface area contributed by atoms with Gasteiger partial charge < -0.3 is 5.32 Å². The molecule has 0 radical (unpaired) electrons. The second kappa shape index (κ2) is 6.94. The van der Waals surface area contributed by atoms with Gasteiger partial charge in [0.15, 0.2) is 0 Å². The molecule has 1 N–H and O–H groups in total. The fourth-order valence-electron chi connectivity index (χ4n) is 2.19. The molecule has 0 aliphatic rings. The van der Waals surface area contributed by atoms with E-state index < -0.39 is 0 Å². The van der Waals surface area contributed by atoms with Gasteiger partial charge in [-0.05, 0) is 37.5 Å². The van der Waals surface area contributed by atoms with E-state index in [-0.39, 0.29) is 0 Å². The minimum atomic E-state index is 0.713. The Morgan fingerprint density at radius 1 is 1.30 bits per heavy atom. The van der Waals surface area contributed by atoms with Crippen LogP contribution in [0.1, 0.15) is 31.0 Å². The third-order valence-electron chi connectivity index (χ3n) is 3.26. The molecule has 0 atom stereocenters. The molecule has 1 aromatic heterocycles. The lowest BCUT2D eigenvalue weighted by molar-refractivity contribution is 0.795. The van der Waals surface area contributed by atoms with E-state index in [1.807, 2.05) is 19.2 Å². The van der Waals surface area contributed by atoms with Crippen LogP contribution in [0.2, 0.25) is 0 Å². The number of unbranched alkanes of at least 4 members (excludes halogenated alkanes) is 1. The number of aryl methyl sites for hydroxylation is 2. The van der Waals surface area contributed by atoms with Crippen molar-refractivity contribution in [2.24, 2.45) is 0 Å². The fourth-order valence-corrected chi connectivity index (χ4v) is 2.19. The van der Waals surface area contributed by atoms with Crippen LogP contribution in [-0.2, 0) is 6.42 Å². The molecule has 1 aromatic carbocycles. The van der Waals surface area contributed by atoms with Gasteiger partial charge in [-0.15, -0.1) is 6.58 Å². The molecule has 3 heteroatoms. The van der Waals surface area contributed by atoms with Crippen molar-refractivity contribution in [1.29, 1.82) is 0 Å². The number of anilines is 1. The first kappa shape index (κ1) is 14.4. The largest absolute Gasteiger partial charge is 0.352 e. The van der Waals surface area contributed by atoms with Crippen LogP contribution in [0.4, 0.5) is 5.95 Å². The smallest absolute Gasteiger partial charge is 0.207 e. The van der Waals surface area contributed by atoms with Gasteiger partial charge in [0.2, 0.25) is 5.95 Å². The Balaban J connectivity index is 2.20. The molecule has 0 saturated heterocycles. The maximum Gasteiger partial charge on any atom is 0.207 e. The van der Waals surface area contributed by atoms with Crippen LogP contribution < -0.4 is 5.32 Å². The van der Waals surface area contributed by atoms with Gasteiger partial charge in [0.05, 0.1) is 5.69 Å². The second-order valence-electron chi connectivity index (χ2n) is 5.02. The molecule has 2 aromatic rings. The molecule has 0 bridgehead atoms. The number of rotatable bonds is 7. The highest BCUT2D eigenvalue weighted by molar-refractivity contribution is 5.44. The lowest BCUT2D eigenvalue weighted by Crippen LogP contribution is -2.05. The number of imidazole rings is 1. The Labute approximate surface area is 121 Å². The Bertz CT molecular complexity index is 552. The zero-order valence-corrected chi connectivity index (χ0v) is 12.4. The van der Waals surface area contributed by atoms with Crippen molar-refractivity contribution in [3.63, 3.8) is 0 Å². The lowest BCUT2D eigenvalue weighted by Gasteiger charge is -2.09. The molecule has 0 fully saturated rings. The molecule has 0 amide bonds. The van der Waals surface area contributed by atoms with E-state index in [2.05, 4.69) is 52.6 Å². The van der Waals surface area contributed by atoms with Crippen molar-refractivity contribution in [2.75, 3.05) is 11.9 Å². The van der Waals surface area contributed by atoms with Crippen molar-refractivity contribution in [3.8, 4) is 5.69 Å².